The SMILES string of the molecule is COC[C@@H]1CN(Cc2ccccc2)C(C)(C)CO1. The van der Waals surface area contributed by atoms with E-state index in [9.17, 15) is 0 Å². The Morgan fingerprint density at radius 2 is 2.06 bits per heavy atom. The summed E-state index contributed by atoms with van der Waals surface area (Å²) in [5.74, 6) is 0. The molecule has 3 nitrogen and oxygen atoms in total. The van der Waals surface area contributed by atoms with Gasteiger partial charge in [0, 0.05) is 25.7 Å². The molecule has 0 saturated carbocycles. The van der Waals surface area contributed by atoms with E-state index in [0.717, 1.165) is 19.7 Å². The zero-order valence-electron chi connectivity index (χ0n) is 11.6. The molecule has 3 heteroatoms. The molecule has 1 aromatic rings. The fraction of sp³-hybridized carbons (Fsp3) is 0.600. The van der Waals surface area contributed by atoms with Gasteiger partial charge in [-0.15, -0.1) is 0 Å². The second-order valence-corrected chi connectivity index (χ2v) is 5.57. The van der Waals surface area contributed by atoms with Crippen molar-refractivity contribution >= 4 is 0 Å². The number of benzene rings is 1. The van der Waals surface area contributed by atoms with Gasteiger partial charge in [0.25, 0.3) is 0 Å². The van der Waals surface area contributed by atoms with Gasteiger partial charge in [0.15, 0.2) is 0 Å². The fourth-order valence-electron chi connectivity index (χ4n) is 2.33. The highest BCUT2D eigenvalue weighted by Gasteiger charge is 2.34. The third-order valence-corrected chi connectivity index (χ3v) is 3.52. The summed E-state index contributed by atoms with van der Waals surface area (Å²) >= 11 is 0. The maximum Gasteiger partial charge on any atom is 0.0936 e. The van der Waals surface area contributed by atoms with Crippen molar-refractivity contribution in [3.05, 3.63) is 35.9 Å². The summed E-state index contributed by atoms with van der Waals surface area (Å²) in [6.07, 6.45) is 0.187. The number of rotatable bonds is 4. The lowest BCUT2D eigenvalue weighted by Gasteiger charge is -2.45. The van der Waals surface area contributed by atoms with E-state index in [4.69, 9.17) is 9.47 Å². The molecule has 0 aromatic heterocycles. The molecule has 1 aromatic carbocycles. The van der Waals surface area contributed by atoms with Gasteiger partial charge in [-0.2, -0.15) is 0 Å². The van der Waals surface area contributed by atoms with E-state index in [0.29, 0.717) is 6.61 Å². The van der Waals surface area contributed by atoms with Crippen molar-refractivity contribution in [1.29, 1.82) is 0 Å². The summed E-state index contributed by atoms with van der Waals surface area (Å²) in [6.45, 7) is 7.79. The van der Waals surface area contributed by atoms with E-state index < -0.39 is 0 Å². The summed E-state index contributed by atoms with van der Waals surface area (Å²) in [7, 11) is 1.73. The van der Waals surface area contributed by atoms with Crippen molar-refractivity contribution in [3.63, 3.8) is 0 Å². The number of methoxy groups -OCH3 is 1. The monoisotopic (exact) mass is 249 g/mol. The van der Waals surface area contributed by atoms with E-state index in [1.54, 1.807) is 7.11 Å². The van der Waals surface area contributed by atoms with E-state index in [-0.39, 0.29) is 11.6 Å². The van der Waals surface area contributed by atoms with E-state index >= 15 is 0 Å². The number of morpholine rings is 1. The average molecular weight is 249 g/mol. The van der Waals surface area contributed by atoms with E-state index in [1.165, 1.54) is 5.56 Å². The summed E-state index contributed by atoms with van der Waals surface area (Å²) in [4.78, 5) is 2.48. The minimum Gasteiger partial charge on any atom is -0.382 e. The van der Waals surface area contributed by atoms with Gasteiger partial charge in [-0.1, -0.05) is 30.3 Å². The lowest BCUT2D eigenvalue weighted by molar-refractivity contribution is -0.120. The Bertz CT molecular complexity index is 364. The van der Waals surface area contributed by atoms with Crippen molar-refractivity contribution in [2.45, 2.75) is 32.0 Å². The average Bonchev–Trinajstić information content (AvgIpc) is 2.35. The molecular formula is C15H23NO2. The molecule has 1 fully saturated rings. The van der Waals surface area contributed by atoms with Crippen LogP contribution in [-0.4, -0.2) is 43.4 Å². The van der Waals surface area contributed by atoms with Gasteiger partial charge in [0.2, 0.25) is 0 Å². The molecule has 0 N–H and O–H groups in total. The lowest BCUT2D eigenvalue weighted by atomic mass is 9.99. The Morgan fingerprint density at radius 1 is 1.33 bits per heavy atom. The maximum atomic E-state index is 5.83. The molecule has 1 aliphatic rings. The predicted octanol–water partition coefficient (Wildman–Crippen LogP) is 2.31. The van der Waals surface area contributed by atoms with Crippen LogP contribution in [0.4, 0.5) is 0 Å². The normalized spacial score (nSPS) is 24.1. The van der Waals surface area contributed by atoms with Crippen molar-refractivity contribution in [3.8, 4) is 0 Å². The largest absolute Gasteiger partial charge is 0.382 e. The molecule has 1 aliphatic heterocycles. The third-order valence-electron chi connectivity index (χ3n) is 3.52. The van der Waals surface area contributed by atoms with Crippen LogP contribution in [0.1, 0.15) is 19.4 Å². The quantitative estimate of drug-likeness (QED) is 0.817. The summed E-state index contributed by atoms with van der Waals surface area (Å²) in [5, 5.41) is 0. The Morgan fingerprint density at radius 3 is 2.72 bits per heavy atom. The van der Waals surface area contributed by atoms with Crippen LogP contribution in [0.5, 0.6) is 0 Å². The molecule has 0 aliphatic carbocycles. The Labute approximate surface area is 110 Å². The highest BCUT2D eigenvalue weighted by molar-refractivity contribution is 5.15. The Kier molecular flexibility index (Phi) is 4.38. The lowest BCUT2D eigenvalue weighted by Crippen LogP contribution is -2.56. The first-order valence-electron chi connectivity index (χ1n) is 6.51. The predicted molar refractivity (Wildman–Crippen MR) is 72.5 cm³/mol. The molecule has 0 spiro atoms. The van der Waals surface area contributed by atoms with Crippen molar-refractivity contribution < 1.29 is 9.47 Å². The van der Waals surface area contributed by atoms with Crippen LogP contribution in [0.15, 0.2) is 30.3 Å². The summed E-state index contributed by atoms with van der Waals surface area (Å²) in [6, 6.07) is 10.6. The van der Waals surface area contributed by atoms with Crippen LogP contribution in [0, 0.1) is 0 Å². The number of hydrogen-bond donors (Lipinski definition) is 0. The van der Waals surface area contributed by atoms with Crippen LogP contribution in [0.25, 0.3) is 0 Å². The molecule has 1 saturated heterocycles. The van der Waals surface area contributed by atoms with Gasteiger partial charge >= 0.3 is 0 Å². The van der Waals surface area contributed by atoms with Crippen LogP contribution in [0.3, 0.4) is 0 Å². The molecule has 1 heterocycles. The van der Waals surface area contributed by atoms with Gasteiger partial charge in [-0.25, -0.2) is 0 Å². The van der Waals surface area contributed by atoms with Gasteiger partial charge in [0.1, 0.15) is 0 Å². The molecule has 18 heavy (non-hydrogen) atoms. The zero-order valence-corrected chi connectivity index (χ0v) is 11.6. The van der Waals surface area contributed by atoms with Gasteiger partial charge in [0.05, 0.1) is 19.3 Å². The Balaban J connectivity index is 2.03. The second-order valence-electron chi connectivity index (χ2n) is 5.57. The van der Waals surface area contributed by atoms with E-state index in [2.05, 4.69) is 49.1 Å². The van der Waals surface area contributed by atoms with Gasteiger partial charge < -0.3 is 9.47 Å². The molecule has 0 amide bonds. The van der Waals surface area contributed by atoms with Crippen LogP contribution in [0.2, 0.25) is 0 Å². The maximum absolute atomic E-state index is 5.83. The standard InChI is InChI=1S/C15H23NO2/c1-15(2)12-18-14(11-17-3)10-16(15)9-13-7-5-4-6-8-13/h4-8,14H,9-12H2,1-3H3/t14-/m0/s1. The molecule has 0 bridgehead atoms. The van der Waals surface area contributed by atoms with Gasteiger partial charge in [-0.3, -0.25) is 4.90 Å². The van der Waals surface area contributed by atoms with E-state index in [1.807, 2.05) is 0 Å². The smallest absolute Gasteiger partial charge is 0.0936 e. The van der Waals surface area contributed by atoms with Crippen molar-refractivity contribution in [1.82, 2.24) is 4.90 Å². The number of ether oxygens (including phenoxy) is 2. The van der Waals surface area contributed by atoms with Crippen LogP contribution in [-0.2, 0) is 16.0 Å². The van der Waals surface area contributed by atoms with Crippen molar-refractivity contribution in [2.24, 2.45) is 0 Å². The van der Waals surface area contributed by atoms with Crippen LogP contribution < -0.4 is 0 Å². The number of hydrogen-bond acceptors (Lipinski definition) is 3. The summed E-state index contributed by atoms with van der Waals surface area (Å²) in [5.41, 5.74) is 1.43. The Hall–Kier alpha value is -0.900. The molecular weight excluding hydrogens is 226 g/mol. The molecule has 2 rings (SSSR count). The first kappa shape index (κ1) is 13.5. The first-order valence-corrected chi connectivity index (χ1v) is 6.51. The topological polar surface area (TPSA) is 21.7 Å². The fourth-order valence-corrected chi connectivity index (χ4v) is 2.33. The minimum absolute atomic E-state index is 0.0834. The molecule has 0 unspecified atom stereocenters. The number of nitrogens with zero attached hydrogens (tertiary/aromatic N) is 1. The molecule has 1 atom stereocenters. The summed E-state index contributed by atoms with van der Waals surface area (Å²) < 4.78 is 11.0. The van der Waals surface area contributed by atoms with Crippen LogP contribution >= 0.6 is 0 Å². The first-order chi connectivity index (χ1) is 8.62. The highest BCUT2D eigenvalue weighted by Crippen LogP contribution is 2.24. The molecule has 100 valence electrons. The molecule has 0 radical (unpaired) electrons. The van der Waals surface area contributed by atoms with Gasteiger partial charge in [-0.05, 0) is 19.4 Å². The third kappa shape index (κ3) is 3.31. The zero-order chi connectivity index (χ0) is 13.0. The second kappa shape index (κ2) is 5.83. The highest BCUT2D eigenvalue weighted by atomic mass is 16.5. The van der Waals surface area contributed by atoms with Crippen molar-refractivity contribution in [2.75, 3.05) is 26.9 Å². The minimum atomic E-state index is 0.0834.